The summed E-state index contributed by atoms with van der Waals surface area (Å²) in [7, 11) is 0. The zero-order valence-electron chi connectivity index (χ0n) is 9.05. The first-order chi connectivity index (χ1) is 6.59. The zero-order chi connectivity index (χ0) is 10.2. The van der Waals surface area contributed by atoms with Crippen LogP contribution >= 0.6 is 0 Å². The summed E-state index contributed by atoms with van der Waals surface area (Å²) in [6.45, 7) is 6.59. The third-order valence-electron chi connectivity index (χ3n) is 3.58. The average molecular weight is 201 g/mol. The third-order valence-corrected chi connectivity index (χ3v) is 3.58. The number of rotatable bonds is 3. The predicted molar refractivity (Wildman–Crippen MR) is 54.0 cm³/mol. The van der Waals surface area contributed by atoms with Crippen molar-refractivity contribution in [1.29, 1.82) is 0 Å². The molecule has 0 amide bonds. The van der Waals surface area contributed by atoms with E-state index in [1.54, 1.807) is 0 Å². The molecule has 0 aromatic carbocycles. The first kappa shape index (κ1) is 10.4. The molecule has 0 bridgehead atoms. The molecule has 2 fully saturated rings. The van der Waals surface area contributed by atoms with Gasteiger partial charge in [0.15, 0.2) is 0 Å². The highest BCUT2D eigenvalue weighted by Crippen LogP contribution is 2.51. The fourth-order valence-corrected chi connectivity index (χ4v) is 2.08. The van der Waals surface area contributed by atoms with Crippen LogP contribution in [0.5, 0.6) is 0 Å². The van der Waals surface area contributed by atoms with Crippen molar-refractivity contribution in [1.82, 2.24) is 5.32 Å². The van der Waals surface area contributed by atoms with E-state index in [1.165, 1.54) is 6.42 Å². The van der Waals surface area contributed by atoms with Gasteiger partial charge in [0.25, 0.3) is 0 Å². The molecule has 2 nitrogen and oxygen atoms in total. The van der Waals surface area contributed by atoms with Crippen LogP contribution in [0.2, 0.25) is 0 Å². The van der Waals surface area contributed by atoms with Crippen molar-refractivity contribution in [3.63, 3.8) is 0 Å². The number of nitrogens with one attached hydrogen (secondary N) is 1. The van der Waals surface area contributed by atoms with E-state index < -0.39 is 6.17 Å². The Bertz CT molecular complexity index is 207. The molecule has 1 aliphatic heterocycles. The van der Waals surface area contributed by atoms with Crippen molar-refractivity contribution < 1.29 is 9.13 Å². The van der Waals surface area contributed by atoms with E-state index in [0.717, 1.165) is 19.6 Å². The Morgan fingerprint density at radius 2 is 2.21 bits per heavy atom. The fourth-order valence-electron chi connectivity index (χ4n) is 2.08. The summed E-state index contributed by atoms with van der Waals surface area (Å²) in [5.74, 6) is 0.657. The zero-order valence-corrected chi connectivity index (χ0v) is 9.05. The van der Waals surface area contributed by atoms with Gasteiger partial charge in [0, 0.05) is 6.54 Å². The highest BCUT2D eigenvalue weighted by molar-refractivity contribution is 4.95. The number of hydrogen-bond donors (Lipinski definition) is 1. The van der Waals surface area contributed by atoms with Crippen molar-refractivity contribution in [2.45, 2.75) is 39.0 Å². The second kappa shape index (κ2) is 3.78. The minimum atomic E-state index is -0.814. The Morgan fingerprint density at radius 3 is 2.79 bits per heavy atom. The molecule has 0 spiro atoms. The number of alkyl halides is 1. The molecule has 1 heterocycles. The Hall–Kier alpha value is -0.150. The number of piperidine rings is 1. The van der Waals surface area contributed by atoms with Crippen LogP contribution in [-0.4, -0.2) is 32.0 Å². The summed E-state index contributed by atoms with van der Waals surface area (Å²) in [6, 6.07) is 0. The van der Waals surface area contributed by atoms with Crippen molar-refractivity contribution >= 4 is 0 Å². The molecule has 0 aromatic heterocycles. The fraction of sp³-hybridized carbons (Fsp3) is 1.00. The van der Waals surface area contributed by atoms with Gasteiger partial charge in [-0.2, -0.15) is 0 Å². The van der Waals surface area contributed by atoms with Crippen LogP contribution in [0.1, 0.15) is 26.7 Å². The highest BCUT2D eigenvalue weighted by atomic mass is 19.1. The van der Waals surface area contributed by atoms with Gasteiger partial charge in [-0.1, -0.05) is 13.8 Å². The number of ether oxygens (including phenoxy) is 1. The first-order valence-corrected chi connectivity index (χ1v) is 5.56. The SMILES string of the molecule is CC1(C)CC1CO[C@@H]1CCNC[C@@H]1F. The van der Waals surface area contributed by atoms with Crippen molar-refractivity contribution in [3.05, 3.63) is 0 Å². The number of hydrogen-bond acceptors (Lipinski definition) is 2. The van der Waals surface area contributed by atoms with Gasteiger partial charge in [-0.25, -0.2) is 4.39 Å². The average Bonchev–Trinajstić information content (AvgIpc) is 2.73. The topological polar surface area (TPSA) is 21.3 Å². The van der Waals surface area contributed by atoms with E-state index >= 15 is 0 Å². The largest absolute Gasteiger partial charge is 0.375 e. The maximum atomic E-state index is 13.3. The molecule has 82 valence electrons. The number of halogens is 1. The molecule has 1 saturated carbocycles. The maximum Gasteiger partial charge on any atom is 0.139 e. The minimum absolute atomic E-state index is 0.160. The van der Waals surface area contributed by atoms with Crippen LogP contribution in [0, 0.1) is 11.3 Å². The molecule has 2 rings (SSSR count). The Kier molecular flexibility index (Phi) is 2.80. The molecule has 3 atom stereocenters. The summed E-state index contributed by atoms with van der Waals surface area (Å²) < 4.78 is 19.0. The lowest BCUT2D eigenvalue weighted by Crippen LogP contribution is -2.43. The molecule has 2 aliphatic rings. The summed E-state index contributed by atoms with van der Waals surface area (Å²) in [5, 5.41) is 3.03. The summed E-state index contributed by atoms with van der Waals surface area (Å²) in [6.07, 6.45) is 1.07. The molecule has 0 aromatic rings. The van der Waals surface area contributed by atoms with Gasteiger partial charge in [-0.05, 0) is 30.7 Å². The molecule has 1 saturated heterocycles. The second-order valence-electron chi connectivity index (χ2n) is 5.27. The first-order valence-electron chi connectivity index (χ1n) is 5.56. The van der Waals surface area contributed by atoms with Gasteiger partial charge in [-0.3, -0.25) is 0 Å². The molecule has 0 radical (unpaired) electrons. The predicted octanol–water partition coefficient (Wildman–Crippen LogP) is 1.75. The summed E-state index contributed by atoms with van der Waals surface area (Å²) in [5.41, 5.74) is 0.443. The van der Waals surface area contributed by atoms with Crippen LogP contribution < -0.4 is 5.32 Å². The minimum Gasteiger partial charge on any atom is -0.375 e. The standard InChI is InChI=1S/C11H20FNO/c1-11(2)5-8(11)7-14-10-3-4-13-6-9(10)12/h8-10,13H,3-7H2,1-2H3/t8?,9-,10+/m0/s1. The normalized spacial score (nSPS) is 40.9. The smallest absolute Gasteiger partial charge is 0.139 e. The van der Waals surface area contributed by atoms with E-state index in [9.17, 15) is 4.39 Å². The van der Waals surface area contributed by atoms with Gasteiger partial charge in [0.05, 0.1) is 12.7 Å². The Labute approximate surface area is 85.2 Å². The lowest BCUT2D eigenvalue weighted by molar-refractivity contribution is -0.0254. The second-order valence-corrected chi connectivity index (χ2v) is 5.27. The van der Waals surface area contributed by atoms with Crippen molar-refractivity contribution in [2.75, 3.05) is 19.7 Å². The van der Waals surface area contributed by atoms with E-state index in [2.05, 4.69) is 19.2 Å². The van der Waals surface area contributed by atoms with Crippen molar-refractivity contribution in [2.24, 2.45) is 11.3 Å². The van der Waals surface area contributed by atoms with Crippen LogP contribution in [-0.2, 0) is 4.74 Å². The maximum absolute atomic E-state index is 13.3. The lowest BCUT2D eigenvalue weighted by Gasteiger charge is -2.27. The highest BCUT2D eigenvalue weighted by Gasteiger charge is 2.46. The van der Waals surface area contributed by atoms with E-state index in [-0.39, 0.29) is 6.10 Å². The Balaban J connectivity index is 1.70. The molecule has 1 aliphatic carbocycles. The van der Waals surface area contributed by atoms with E-state index in [4.69, 9.17) is 4.74 Å². The van der Waals surface area contributed by atoms with E-state index in [1.807, 2.05) is 0 Å². The van der Waals surface area contributed by atoms with Crippen LogP contribution in [0.15, 0.2) is 0 Å². The molecular formula is C11H20FNO. The van der Waals surface area contributed by atoms with Gasteiger partial charge >= 0.3 is 0 Å². The summed E-state index contributed by atoms with van der Waals surface area (Å²) in [4.78, 5) is 0. The van der Waals surface area contributed by atoms with Crippen LogP contribution in [0.3, 0.4) is 0 Å². The lowest BCUT2D eigenvalue weighted by atomic mass is 10.1. The monoisotopic (exact) mass is 201 g/mol. The Morgan fingerprint density at radius 1 is 1.50 bits per heavy atom. The molecule has 1 N–H and O–H groups in total. The van der Waals surface area contributed by atoms with Gasteiger partial charge in [0.2, 0.25) is 0 Å². The van der Waals surface area contributed by atoms with Gasteiger partial charge < -0.3 is 10.1 Å². The molecule has 3 heteroatoms. The van der Waals surface area contributed by atoms with E-state index in [0.29, 0.717) is 17.9 Å². The van der Waals surface area contributed by atoms with Crippen LogP contribution in [0.4, 0.5) is 4.39 Å². The quantitative estimate of drug-likeness (QED) is 0.751. The van der Waals surface area contributed by atoms with Crippen molar-refractivity contribution in [3.8, 4) is 0 Å². The summed E-state index contributed by atoms with van der Waals surface area (Å²) >= 11 is 0. The van der Waals surface area contributed by atoms with Gasteiger partial charge in [0.1, 0.15) is 6.17 Å². The molecule has 1 unspecified atom stereocenters. The third kappa shape index (κ3) is 2.26. The van der Waals surface area contributed by atoms with Gasteiger partial charge in [-0.15, -0.1) is 0 Å². The molecular weight excluding hydrogens is 181 g/mol. The van der Waals surface area contributed by atoms with Crippen LogP contribution in [0.25, 0.3) is 0 Å². The molecule has 14 heavy (non-hydrogen) atoms.